The number of benzene rings is 3. The summed E-state index contributed by atoms with van der Waals surface area (Å²) < 4.78 is 5.50. The van der Waals surface area contributed by atoms with Gasteiger partial charge in [0.05, 0.1) is 12.5 Å². The van der Waals surface area contributed by atoms with Gasteiger partial charge in [0, 0.05) is 0 Å². The zero-order chi connectivity index (χ0) is 29.6. The molecule has 1 nitrogen and oxygen atoms in total. The van der Waals surface area contributed by atoms with Crippen molar-refractivity contribution in [3.05, 3.63) is 113 Å². The van der Waals surface area contributed by atoms with Crippen LogP contribution in [0.15, 0.2) is 85.5 Å². The van der Waals surface area contributed by atoms with Gasteiger partial charge in [0.1, 0.15) is 5.75 Å². The van der Waals surface area contributed by atoms with E-state index in [0.29, 0.717) is 0 Å². The highest BCUT2D eigenvalue weighted by atomic mass is 16.5. The van der Waals surface area contributed by atoms with E-state index in [1.54, 1.807) is 13.2 Å². The molecule has 1 aliphatic rings. The van der Waals surface area contributed by atoms with Crippen LogP contribution in [-0.4, -0.2) is 7.11 Å². The van der Waals surface area contributed by atoms with Crippen molar-refractivity contribution in [2.45, 2.75) is 98.3 Å². The Hall–Kier alpha value is -3.06. The third-order valence-corrected chi connectivity index (χ3v) is 8.63. The molecule has 1 heteroatoms. The number of fused-ring (bicyclic) bond motifs is 3. The van der Waals surface area contributed by atoms with Crippen molar-refractivity contribution in [1.29, 1.82) is 0 Å². The lowest BCUT2D eigenvalue weighted by molar-refractivity contribution is 0.414. The fourth-order valence-electron chi connectivity index (χ4n) is 5.43. The smallest absolute Gasteiger partial charge is 0.118 e. The molecule has 0 heterocycles. The van der Waals surface area contributed by atoms with E-state index < -0.39 is 5.41 Å². The first-order valence-electron chi connectivity index (χ1n) is 14.6. The van der Waals surface area contributed by atoms with E-state index in [1.165, 1.54) is 38.9 Å². The van der Waals surface area contributed by atoms with E-state index in [1.807, 2.05) is 20.8 Å². The molecule has 3 aromatic carbocycles. The standard InChI is InChI=1S/C33H40O.C3H6.C2H6/c1-10-31(5,6)24-14-18-27-28-19-15-25(32(7,8)11-2)21-30(28)33(22(3)4,29(27)20-24)23-12-16-26(34-9)17-13-23;1-3-2;1-2/h12-21H,3,10-11H2,1-2,4-9H3;3H,1H2,2H3;1-2H3. The Morgan fingerprint density at radius 3 is 1.49 bits per heavy atom. The number of methoxy groups -OCH3 is 1. The normalized spacial score (nSPS) is 13.1. The van der Waals surface area contributed by atoms with E-state index in [4.69, 9.17) is 4.74 Å². The lowest BCUT2D eigenvalue weighted by Crippen LogP contribution is -2.29. The van der Waals surface area contributed by atoms with Crippen LogP contribution >= 0.6 is 0 Å². The van der Waals surface area contributed by atoms with Crippen molar-refractivity contribution in [2.75, 3.05) is 7.11 Å². The van der Waals surface area contributed by atoms with Gasteiger partial charge in [-0.1, -0.05) is 122 Å². The molecule has 3 aromatic rings. The molecule has 0 unspecified atom stereocenters. The number of ether oxygens (including phenoxy) is 1. The molecule has 0 spiro atoms. The van der Waals surface area contributed by atoms with Crippen molar-refractivity contribution in [3.63, 3.8) is 0 Å². The van der Waals surface area contributed by atoms with Crippen molar-refractivity contribution in [3.8, 4) is 16.9 Å². The molecule has 0 radical (unpaired) electrons. The minimum absolute atomic E-state index is 0.111. The number of hydrogen-bond acceptors (Lipinski definition) is 1. The summed E-state index contributed by atoms with van der Waals surface area (Å²) in [5, 5.41) is 0. The van der Waals surface area contributed by atoms with E-state index >= 15 is 0 Å². The van der Waals surface area contributed by atoms with Crippen LogP contribution in [-0.2, 0) is 16.2 Å². The Labute approximate surface area is 240 Å². The van der Waals surface area contributed by atoms with Crippen molar-refractivity contribution in [1.82, 2.24) is 0 Å². The van der Waals surface area contributed by atoms with Crippen LogP contribution in [0.4, 0.5) is 0 Å². The molecule has 1 aliphatic carbocycles. The minimum Gasteiger partial charge on any atom is -0.497 e. The van der Waals surface area contributed by atoms with Gasteiger partial charge in [-0.15, -0.1) is 6.58 Å². The second kappa shape index (κ2) is 12.9. The molecule has 0 saturated carbocycles. The molecule has 0 aromatic heterocycles. The molecule has 0 amide bonds. The second-order valence-corrected chi connectivity index (χ2v) is 11.7. The van der Waals surface area contributed by atoms with Crippen LogP contribution in [0.1, 0.15) is 110 Å². The SMILES string of the molecule is C=C(C)C1(c2ccc(OC)cc2)c2cc(C(C)(C)CC)ccc2-c2ccc(C(C)(C)CC)cc21.C=CC.CC. The third kappa shape index (κ3) is 5.79. The fraction of sp³-hybridized carbons (Fsp3) is 0.421. The highest BCUT2D eigenvalue weighted by Crippen LogP contribution is 2.57. The van der Waals surface area contributed by atoms with Crippen molar-refractivity contribution in [2.24, 2.45) is 0 Å². The summed E-state index contributed by atoms with van der Waals surface area (Å²) in [6.45, 7) is 30.0. The van der Waals surface area contributed by atoms with E-state index in [9.17, 15) is 0 Å². The quantitative estimate of drug-likeness (QED) is 0.279. The van der Waals surface area contributed by atoms with Crippen LogP contribution in [0.5, 0.6) is 5.75 Å². The molecule has 0 N–H and O–H groups in total. The molecular weight excluding hydrogens is 472 g/mol. The first-order chi connectivity index (χ1) is 18.4. The first kappa shape index (κ1) is 32.2. The lowest BCUT2D eigenvalue weighted by atomic mass is 9.66. The molecule has 0 aliphatic heterocycles. The van der Waals surface area contributed by atoms with Gasteiger partial charge in [0.2, 0.25) is 0 Å². The average molecular weight is 525 g/mol. The maximum absolute atomic E-state index is 5.50. The van der Waals surface area contributed by atoms with E-state index in [-0.39, 0.29) is 10.8 Å². The Bertz CT molecular complexity index is 1210. The van der Waals surface area contributed by atoms with Gasteiger partial charge in [-0.3, -0.25) is 0 Å². The summed E-state index contributed by atoms with van der Waals surface area (Å²) in [4.78, 5) is 0. The first-order valence-corrected chi connectivity index (χ1v) is 14.6. The van der Waals surface area contributed by atoms with E-state index in [0.717, 1.165) is 24.2 Å². The van der Waals surface area contributed by atoms with Crippen LogP contribution < -0.4 is 4.74 Å². The number of allylic oxidation sites excluding steroid dienone is 2. The summed E-state index contributed by atoms with van der Waals surface area (Å²) in [5.41, 5.74) is 10.3. The third-order valence-electron chi connectivity index (χ3n) is 8.63. The van der Waals surface area contributed by atoms with Gasteiger partial charge in [-0.05, 0) is 88.6 Å². The summed E-state index contributed by atoms with van der Waals surface area (Å²) in [6.07, 6.45) is 3.94. The number of rotatable bonds is 7. The molecular formula is C38H52O. The monoisotopic (exact) mass is 524 g/mol. The predicted octanol–water partition coefficient (Wildman–Crippen LogP) is 11.2. The van der Waals surface area contributed by atoms with Crippen LogP contribution in [0.3, 0.4) is 0 Å². The van der Waals surface area contributed by atoms with Gasteiger partial charge in [-0.2, -0.15) is 0 Å². The van der Waals surface area contributed by atoms with Crippen LogP contribution in [0.2, 0.25) is 0 Å². The van der Waals surface area contributed by atoms with Gasteiger partial charge in [0.15, 0.2) is 0 Å². The predicted molar refractivity (Wildman–Crippen MR) is 173 cm³/mol. The molecule has 4 rings (SSSR count). The summed E-state index contributed by atoms with van der Waals surface area (Å²) >= 11 is 0. The van der Waals surface area contributed by atoms with Gasteiger partial charge < -0.3 is 4.74 Å². The summed E-state index contributed by atoms with van der Waals surface area (Å²) in [5.74, 6) is 0.876. The molecule has 0 fully saturated rings. The van der Waals surface area contributed by atoms with Crippen molar-refractivity contribution < 1.29 is 4.74 Å². The van der Waals surface area contributed by atoms with Gasteiger partial charge >= 0.3 is 0 Å². The topological polar surface area (TPSA) is 9.23 Å². The highest BCUT2D eigenvalue weighted by Gasteiger charge is 2.46. The molecule has 0 saturated heterocycles. The van der Waals surface area contributed by atoms with Gasteiger partial charge in [0.25, 0.3) is 0 Å². The minimum atomic E-state index is -0.392. The Morgan fingerprint density at radius 2 is 1.18 bits per heavy atom. The zero-order valence-electron chi connectivity index (χ0n) is 26.6. The largest absolute Gasteiger partial charge is 0.497 e. The molecule has 39 heavy (non-hydrogen) atoms. The van der Waals surface area contributed by atoms with Gasteiger partial charge in [-0.25, -0.2) is 0 Å². The Kier molecular flexibility index (Phi) is 10.6. The summed E-state index contributed by atoms with van der Waals surface area (Å²) in [6, 6.07) is 22.9. The van der Waals surface area contributed by atoms with Crippen molar-refractivity contribution >= 4 is 0 Å². The summed E-state index contributed by atoms with van der Waals surface area (Å²) in [7, 11) is 1.72. The van der Waals surface area contributed by atoms with Crippen LogP contribution in [0.25, 0.3) is 11.1 Å². The number of hydrogen-bond donors (Lipinski definition) is 0. The zero-order valence-corrected chi connectivity index (χ0v) is 26.6. The fourth-order valence-corrected chi connectivity index (χ4v) is 5.43. The molecule has 210 valence electrons. The Balaban J connectivity index is 0.000000998. The lowest BCUT2D eigenvalue weighted by Gasteiger charge is -2.36. The maximum Gasteiger partial charge on any atom is 0.118 e. The maximum atomic E-state index is 5.50. The molecule has 0 bridgehead atoms. The van der Waals surface area contributed by atoms with E-state index in [2.05, 4.69) is 122 Å². The van der Waals surface area contributed by atoms with Crippen LogP contribution in [0, 0.1) is 0 Å². The Morgan fingerprint density at radius 1 is 0.795 bits per heavy atom. The average Bonchev–Trinajstić information content (AvgIpc) is 3.24. The second-order valence-electron chi connectivity index (χ2n) is 11.7. The highest BCUT2D eigenvalue weighted by molar-refractivity contribution is 5.86. The molecule has 0 atom stereocenters.